The molecule has 0 radical (unpaired) electrons. The number of sulfone groups is 1. The number of aromatic nitrogens is 2. The third kappa shape index (κ3) is 6.98. The Bertz CT molecular complexity index is 1490. The quantitative estimate of drug-likeness (QED) is 0.195. The summed E-state index contributed by atoms with van der Waals surface area (Å²) in [6.07, 6.45) is 0.835. The van der Waals surface area contributed by atoms with Gasteiger partial charge in [0, 0.05) is 12.8 Å². The van der Waals surface area contributed by atoms with Gasteiger partial charge in [0.2, 0.25) is 15.7 Å². The molecule has 0 unspecified atom stereocenters. The van der Waals surface area contributed by atoms with Crippen LogP contribution in [-0.2, 0) is 21.1 Å². The molecule has 0 aliphatic carbocycles. The number of carbonyl (C=O) groups is 1. The van der Waals surface area contributed by atoms with Gasteiger partial charge in [0.25, 0.3) is 5.16 Å². The summed E-state index contributed by atoms with van der Waals surface area (Å²) < 4.78 is 35.6. The molecule has 3 aromatic rings. The Hall–Kier alpha value is -4.57. The van der Waals surface area contributed by atoms with E-state index in [9.17, 15) is 28.6 Å². The summed E-state index contributed by atoms with van der Waals surface area (Å²) in [5, 5.41) is 23.4. The Balaban J connectivity index is 2.16. The number of nitro groups is 1. The van der Waals surface area contributed by atoms with Crippen LogP contribution in [0.4, 0.5) is 11.5 Å². The molecule has 0 fully saturated rings. The summed E-state index contributed by atoms with van der Waals surface area (Å²) in [6, 6.07) is 14.5. The number of esters is 1. The van der Waals surface area contributed by atoms with Gasteiger partial charge in [0.05, 0.1) is 16.6 Å². The molecule has 0 aliphatic heterocycles. The molecule has 0 saturated carbocycles. The van der Waals surface area contributed by atoms with Gasteiger partial charge in [-0.3, -0.25) is 10.1 Å². The van der Waals surface area contributed by atoms with Crippen LogP contribution in [0.5, 0.6) is 11.6 Å². The first-order valence-corrected chi connectivity index (χ1v) is 12.7. The number of hydrogen-bond acceptors (Lipinski definition) is 11. The number of nitrogens with one attached hydrogen (secondary N) is 1. The van der Waals surface area contributed by atoms with Crippen LogP contribution < -0.4 is 10.1 Å². The molecule has 37 heavy (non-hydrogen) atoms. The van der Waals surface area contributed by atoms with Gasteiger partial charge >= 0.3 is 17.5 Å². The highest BCUT2D eigenvalue weighted by Gasteiger charge is 2.31. The van der Waals surface area contributed by atoms with Crippen LogP contribution in [0.15, 0.2) is 53.7 Å². The topological polar surface area (TPSA) is 174 Å². The average Bonchev–Trinajstić information content (AvgIpc) is 2.81. The van der Waals surface area contributed by atoms with Gasteiger partial charge in [0.1, 0.15) is 16.9 Å². The van der Waals surface area contributed by atoms with Crippen molar-refractivity contribution in [1.29, 1.82) is 5.26 Å². The van der Waals surface area contributed by atoms with E-state index >= 15 is 0 Å². The predicted molar refractivity (Wildman–Crippen MR) is 132 cm³/mol. The van der Waals surface area contributed by atoms with Crippen LogP contribution in [0.2, 0.25) is 0 Å². The van der Waals surface area contributed by atoms with Crippen molar-refractivity contribution in [2.24, 2.45) is 0 Å². The fourth-order valence-corrected chi connectivity index (χ4v) is 3.51. The Morgan fingerprint density at radius 1 is 1.16 bits per heavy atom. The second kappa shape index (κ2) is 10.6. The maximum absolute atomic E-state index is 12.8. The molecule has 0 saturated heterocycles. The molecule has 192 valence electrons. The van der Waals surface area contributed by atoms with Crippen molar-refractivity contribution in [3.8, 4) is 17.7 Å². The fraction of sp³-hybridized carbons (Fsp3) is 0.250. The first-order valence-electron chi connectivity index (χ1n) is 10.8. The van der Waals surface area contributed by atoms with Crippen molar-refractivity contribution in [2.45, 2.75) is 38.1 Å². The van der Waals surface area contributed by atoms with Crippen molar-refractivity contribution in [3.05, 3.63) is 75.3 Å². The van der Waals surface area contributed by atoms with Crippen LogP contribution in [0.3, 0.4) is 0 Å². The lowest BCUT2D eigenvalue weighted by atomic mass is 10.1. The summed E-state index contributed by atoms with van der Waals surface area (Å²) in [5.41, 5.74) is -0.971. The Morgan fingerprint density at radius 2 is 1.84 bits per heavy atom. The van der Waals surface area contributed by atoms with Gasteiger partial charge in [-0.1, -0.05) is 30.3 Å². The van der Waals surface area contributed by atoms with E-state index in [0.29, 0.717) is 0 Å². The smallest absolute Gasteiger partial charge is 0.373 e. The first-order chi connectivity index (χ1) is 17.3. The molecule has 0 atom stereocenters. The maximum atomic E-state index is 12.8. The lowest BCUT2D eigenvalue weighted by molar-refractivity contribution is -0.385. The zero-order valence-corrected chi connectivity index (χ0v) is 21.2. The third-order valence-corrected chi connectivity index (χ3v) is 5.43. The fourth-order valence-electron chi connectivity index (χ4n) is 3.00. The van der Waals surface area contributed by atoms with Gasteiger partial charge in [-0.25, -0.2) is 13.2 Å². The predicted octanol–water partition coefficient (Wildman–Crippen LogP) is 4.02. The van der Waals surface area contributed by atoms with E-state index in [1.165, 1.54) is 18.2 Å². The Morgan fingerprint density at radius 3 is 2.41 bits per heavy atom. The summed E-state index contributed by atoms with van der Waals surface area (Å²) in [6.45, 7) is 5.02. The lowest BCUT2D eigenvalue weighted by Gasteiger charge is -2.20. The molecule has 0 amide bonds. The van der Waals surface area contributed by atoms with E-state index in [4.69, 9.17) is 9.47 Å². The van der Waals surface area contributed by atoms with Gasteiger partial charge in [-0.05, 0) is 44.5 Å². The van der Waals surface area contributed by atoms with Crippen molar-refractivity contribution in [3.63, 3.8) is 0 Å². The average molecular weight is 526 g/mol. The zero-order chi connectivity index (χ0) is 27.4. The number of ether oxygens (including phenoxy) is 2. The molecule has 3 rings (SSSR count). The number of benzene rings is 2. The first kappa shape index (κ1) is 27.0. The number of nitrogens with zero attached hydrogens (tertiary/aromatic N) is 4. The molecule has 0 bridgehead atoms. The molecule has 0 aliphatic rings. The third-order valence-electron chi connectivity index (χ3n) is 4.58. The number of carbonyl (C=O) groups excluding carboxylic acids is 1. The molecule has 1 heterocycles. The van der Waals surface area contributed by atoms with Gasteiger partial charge in [-0.15, -0.1) is 0 Å². The number of nitriles is 1. The second-order valence-corrected chi connectivity index (χ2v) is 10.7. The summed E-state index contributed by atoms with van der Waals surface area (Å²) in [4.78, 5) is 31.6. The van der Waals surface area contributed by atoms with Gasteiger partial charge in [0.15, 0.2) is 0 Å². The van der Waals surface area contributed by atoms with Crippen molar-refractivity contribution < 1.29 is 27.6 Å². The minimum Gasteiger partial charge on any atom is -0.456 e. The van der Waals surface area contributed by atoms with Crippen LogP contribution in [0.1, 0.15) is 42.3 Å². The molecular weight excluding hydrogens is 502 g/mol. The monoisotopic (exact) mass is 525 g/mol. The molecule has 0 spiro atoms. The molecule has 2 aromatic carbocycles. The normalized spacial score (nSPS) is 11.3. The summed E-state index contributed by atoms with van der Waals surface area (Å²) >= 11 is 0. The molecule has 13 heteroatoms. The largest absolute Gasteiger partial charge is 0.456 e. The van der Waals surface area contributed by atoms with E-state index in [1.54, 1.807) is 51.1 Å². The van der Waals surface area contributed by atoms with Crippen LogP contribution in [0, 0.1) is 21.4 Å². The van der Waals surface area contributed by atoms with E-state index in [2.05, 4.69) is 15.3 Å². The SMILES string of the molecule is CC(C)(C)OC(=O)c1ccc(C#N)cc1Oc1nc(S(C)(=O)=O)nc(NCc2ccccc2)c1[N+](=O)[O-]. The second-order valence-electron chi connectivity index (χ2n) is 8.80. The van der Waals surface area contributed by atoms with Crippen molar-refractivity contribution in [1.82, 2.24) is 9.97 Å². The summed E-state index contributed by atoms with van der Waals surface area (Å²) in [7, 11) is -4.04. The Labute approximate surface area is 213 Å². The standard InChI is InChI=1S/C24H23N5O7S/c1-24(2,3)36-22(30)17-11-10-16(13-25)12-18(17)35-21-19(29(31)32)20(27-23(28-21)37(4,33)34)26-14-15-8-6-5-7-9-15/h5-12H,14H2,1-4H3,(H,26,27,28). The highest BCUT2D eigenvalue weighted by molar-refractivity contribution is 7.90. The van der Waals surface area contributed by atoms with E-state index in [-0.39, 0.29) is 23.4 Å². The van der Waals surface area contributed by atoms with Crippen molar-refractivity contribution >= 4 is 27.3 Å². The highest BCUT2D eigenvalue weighted by atomic mass is 32.2. The zero-order valence-electron chi connectivity index (χ0n) is 20.4. The van der Waals surface area contributed by atoms with E-state index < -0.39 is 48.9 Å². The van der Waals surface area contributed by atoms with Crippen LogP contribution >= 0.6 is 0 Å². The number of rotatable bonds is 8. The molecule has 12 nitrogen and oxygen atoms in total. The molecular formula is C24H23N5O7S. The minimum atomic E-state index is -4.04. The molecule has 1 aromatic heterocycles. The molecule has 1 N–H and O–H groups in total. The Kier molecular flexibility index (Phi) is 7.73. The van der Waals surface area contributed by atoms with Crippen molar-refractivity contribution in [2.75, 3.05) is 11.6 Å². The lowest BCUT2D eigenvalue weighted by Crippen LogP contribution is -2.24. The van der Waals surface area contributed by atoms with Crippen LogP contribution in [0.25, 0.3) is 0 Å². The minimum absolute atomic E-state index is 0.0739. The number of hydrogen-bond donors (Lipinski definition) is 1. The number of anilines is 1. The van der Waals surface area contributed by atoms with E-state index in [1.807, 2.05) is 6.07 Å². The maximum Gasteiger partial charge on any atom is 0.373 e. The van der Waals surface area contributed by atoms with Crippen LogP contribution in [-0.4, -0.2) is 41.1 Å². The van der Waals surface area contributed by atoms with Gasteiger partial charge < -0.3 is 14.8 Å². The van der Waals surface area contributed by atoms with Gasteiger partial charge in [-0.2, -0.15) is 15.2 Å². The summed E-state index contributed by atoms with van der Waals surface area (Å²) in [5.74, 6) is -2.26. The van der Waals surface area contributed by atoms with E-state index in [0.717, 1.165) is 11.8 Å². The highest BCUT2D eigenvalue weighted by Crippen LogP contribution is 2.37.